The van der Waals surface area contributed by atoms with Crippen molar-refractivity contribution in [2.75, 3.05) is 13.2 Å². The number of hydrogen-bond acceptors (Lipinski definition) is 3. The molecule has 1 saturated heterocycles. The van der Waals surface area contributed by atoms with Gasteiger partial charge in [-0.3, -0.25) is 0 Å². The molecule has 2 rings (SSSR count). The van der Waals surface area contributed by atoms with Crippen LogP contribution in [0.4, 0.5) is 0 Å². The SMILES string of the molecule is Cc1cc(OC2CCOC2)ccc1C#N. The lowest BCUT2D eigenvalue weighted by Gasteiger charge is -2.12. The molecule has 0 aliphatic carbocycles. The summed E-state index contributed by atoms with van der Waals surface area (Å²) in [6.07, 6.45) is 1.11. The van der Waals surface area contributed by atoms with Gasteiger partial charge in [0.05, 0.1) is 24.8 Å². The fourth-order valence-corrected chi connectivity index (χ4v) is 1.63. The van der Waals surface area contributed by atoms with Gasteiger partial charge in [-0.2, -0.15) is 5.26 Å². The van der Waals surface area contributed by atoms with Gasteiger partial charge in [-0.15, -0.1) is 0 Å². The van der Waals surface area contributed by atoms with Crippen molar-refractivity contribution in [2.24, 2.45) is 0 Å². The van der Waals surface area contributed by atoms with Crippen LogP contribution in [0.3, 0.4) is 0 Å². The van der Waals surface area contributed by atoms with Crippen LogP contribution in [0.2, 0.25) is 0 Å². The number of nitriles is 1. The fourth-order valence-electron chi connectivity index (χ4n) is 1.63. The molecule has 1 heterocycles. The number of nitrogens with zero attached hydrogens (tertiary/aromatic N) is 1. The molecule has 0 amide bonds. The molecule has 1 aliphatic heterocycles. The van der Waals surface area contributed by atoms with E-state index in [0.29, 0.717) is 12.2 Å². The molecule has 1 fully saturated rings. The Kier molecular flexibility index (Phi) is 2.89. The largest absolute Gasteiger partial charge is 0.488 e. The Morgan fingerprint density at radius 1 is 1.53 bits per heavy atom. The van der Waals surface area contributed by atoms with Gasteiger partial charge in [0.15, 0.2) is 0 Å². The van der Waals surface area contributed by atoms with Crippen molar-refractivity contribution < 1.29 is 9.47 Å². The van der Waals surface area contributed by atoms with E-state index in [0.717, 1.165) is 24.3 Å². The van der Waals surface area contributed by atoms with Crippen LogP contribution in [-0.4, -0.2) is 19.3 Å². The van der Waals surface area contributed by atoms with Gasteiger partial charge < -0.3 is 9.47 Å². The van der Waals surface area contributed by atoms with Gasteiger partial charge in [0.2, 0.25) is 0 Å². The maximum Gasteiger partial charge on any atom is 0.124 e. The van der Waals surface area contributed by atoms with E-state index in [1.807, 2.05) is 19.1 Å². The highest BCUT2D eigenvalue weighted by Gasteiger charge is 2.17. The predicted molar refractivity (Wildman–Crippen MR) is 55.7 cm³/mol. The van der Waals surface area contributed by atoms with Gasteiger partial charge in [0.25, 0.3) is 0 Å². The minimum atomic E-state index is 0.164. The van der Waals surface area contributed by atoms with Crippen molar-refractivity contribution in [3.05, 3.63) is 29.3 Å². The monoisotopic (exact) mass is 203 g/mol. The molecular formula is C12H13NO2. The normalized spacial score (nSPS) is 19.9. The highest BCUT2D eigenvalue weighted by Crippen LogP contribution is 2.20. The molecule has 0 radical (unpaired) electrons. The third-order valence-corrected chi connectivity index (χ3v) is 2.51. The molecule has 1 aromatic carbocycles. The first-order chi connectivity index (χ1) is 7.29. The molecule has 1 unspecified atom stereocenters. The highest BCUT2D eigenvalue weighted by atomic mass is 16.5. The lowest BCUT2D eigenvalue weighted by molar-refractivity contribution is 0.141. The molecular weight excluding hydrogens is 190 g/mol. The van der Waals surface area contributed by atoms with Crippen LogP contribution in [-0.2, 0) is 4.74 Å². The molecule has 3 nitrogen and oxygen atoms in total. The molecule has 0 bridgehead atoms. The van der Waals surface area contributed by atoms with Crippen LogP contribution in [0.5, 0.6) is 5.75 Å². The standard InChI is InChI=1S/C12H13NO2/c1-9-6-11(3-2-10(9)7-13)15-12-4-5-14-8-12/h2-3,6,12H,4-5,8H2,1H3. The Morgan fingerprint density at radius 3 is 3.00 bits per heavy atom. The number of ether oxygens (including phenoxy) is 2. The second-order valence-electron chi connectivity index (χ2n) is 3.69. The second kappa shape index (κ2) is 4.33. The van der Waals surface area contributed by atoms with Gasteiger partial charge in [-0.1, -0.05) is 0 Å². The summed E-state index contributed by atoms with van der Waals surface area (Å²) in [5.74, 6) is 0.821. The van der Waals surface area contributed by atoms with Crippen molar-refractivity contribution in [3.63, 3.8) is 0 Å². The quantitative estimate of drug-likeness (QED) is 0.738. The third-order valence-electron chi connectivity index (χ3n) is 2.51. The summed E-state index contributed by atoms with van der Waals surface area (Å²) >= 11 is 0. The van der Waals surface area contributed by atoms with Crippen LogP contribution in [0.1, 0.15) is 17.5 Å². The van der Waals surface area contributed by atoms with Crippen LogP contribution < -0.4 is 4.74 Å². The van der Waals surface area contributed by atoms with E-state index >= 15 is 0 Å². The average molecular weight is 203 g/mol. The first-order valence-electron chi connectivity index (χ1n) is 5.05. The Labute approximate surface area is 89.2 Å². The number of aryl methyl sites for hydroxylation is 1. The lowest BCUT2D eigenvalue weighted by atomic mass is 10.1. The summed E-state index contributed by atoms with van der Waals surface area (Å²) in [6, 6.07) is 7.66. The van der Waals surface area contributed by atoms with Gasteiger partial charge in [-0.05, 0) is 30.7 Å². The van der Waals surface area contributed by atoms with E-state index in [9.17, 15) is 0 Å². The van der Waals surface area contributed by atoms with E-state index in [2.05, 4.69) is 6.07 Å². The summed E-state index contributed by atoms with van der Waals surface area (Å²) in [5, 5.41) is 8.78. The smallest absolute Gasteiger partial charge is 0.124 e. The molecule has 1 aliphatic rings. The third kappa shape index (κ3) is 2.28. The van der Waals surface area contributed by atoms with Crippen LogP contribution in [0.25, 0.3) is 0 Å². The first-order valence-corrected chi connectivity index (χ1v) is 5.05. The number of benzene rings is 1. The van der Waals surface area contributed by atoms with Crippen molar-refractivity contribution in [3.8, 4) is 11.8 Å². The van der Waals surface area contributed by atoms with Crippen molar-refractivity contribution in [2.45, 2.75) is 19.4 Å². The topological polar surface area (TPSA) is 42.2 Å². The number of hydrogen-bond donors (Lipinski definition) is 0. The van der Waals surface area contributed by atoms with Gasteiger partial charge in [0.1, 0.15) is 11.9 Å². The Morgan fingerprint density at radius 2 is 2.40 bits per heavy atom. The maximum atomic E-state index is 8.78. The van der Waals surface area contributed by atoms with Crippen LogP contribution >= 0.6 is 0 Å². The van der Waals surface area contributed by atoms with E-state index in [1.54, 1.807) is 6.07 Å². The summed E-state index contributed by atoms with van der Waals surface area (Å²) in [4.78, 5) is 0. The summed E-state index contributed by atoms with van der Waals surface area (Å²) in [5.41, 5.74) is 1.65. The molecule has 0 spiro atoms. The minimum Gasteiger partial charge on any atom is -0.488 e. The zero-order chi connectivity index (χ0) is 10.7. The van der Waals surface area contributed by atoms with E-state index < -0.39 is 0 Å². The Bertz CT molecular complexity index is 389. The summed E-state index contributed by atoms with van der Waals surface area (Å²) in [6.45, 7) is 3.36. The molecule has 78 valence electrons. The molecule has 3 heteroatoms. The maximum absolute atomic E-state index is 8.78. The van der Waals surface area contributed by atoms with Gasteiger partial charge >= 0.3 is 0 Å². The lowest BCUT2D eigenvalue weighted by Crippen LogP contribution is -2.15. The number of rotatable bonds is 2. The summed E-state index contributed by atoms with van der Waals surface area (Å²) < 4.78 is 10.9. The zero-order valence-corrected chi connectivity index (χ0v) is 8.69. The van der Waals surface area contributed by atoms with Crippen LogP contribution in [0.15, 0.2) is 18.2 Å². The summed E-state index contributed by atoms with van der Waals surface area (Å²) in [7, 11) is 0. The molecule has 1 aromatic rings. The molecule has 0 aromatic heterocycles. The van der Waals surface area contributed by atoms with E-state index in [1.165, 1.54) is 0 Å². The molecule has 0 saturated carbocycles. The minimum absolute atomic E-state index is 0.164. The molecule has 1 atom stereocenters. The van der Waals surface area contributed by atoms with Crippen molar-refractivity contribution in [1.29, 1.82) is 5.26 Å². The average Bonchev–Trinajstić information content (AvgIpc) is 2.71. The molecule has 15 heavy (non-hydrogen) atoms. The van der Waals surface area contributed by atoms with Gasteiger partial charge in [0, 0.05) is 6.42 Å². The van der Waals surface area contributed by atoms with Crippen LogP contribution in [0, 0.1) is 18.3 Å². The predicted octanol–water partition coefficient (Wildman–Crippen LogP) is 2.03. The van der Waals surface area contributed by atoms with E-state index in [-0.39, 0.29) is 6.10 Å². The Hall–Kier alpha value is -1.53. The van der Waals surface area contributed by atoms with Crippen molar-refractivity contribution in [1.82, 2.24) is 0 Å². The fraction of sp³-hybridized carbons (Fsp3) is 0.417. The van der Waals surface area contributed by atoms with E-state index in [4.69, 9.17) is 14.7 Å². The second-order valence-corrected chi connectivity index (χ2v) is 3.69. The molecule has 0 N–H and O–H groups in total. The first kappa shape index (κ1) is 10.0. The van der Waals surface area contributed by atoms with Gasteiger partial charge in [-0.25, -0.2) is 0 Å². The van der Waals surface area contributed by atoms with Crippen molar-refractivity contribution >= 4 is 0 Å². The highest BCUT2D eigenvalue weighted by molar-refractivity contribution is 5.41. The Balaban J connectivity index is 2.09. The zero-order valence-electron chi connectivity index (χ0n) is 8.69.